The first-order chi connectivity index (χ1) is 14.2. The second kappa shape index (κ2) is 9.38. The van der Waals surface area contributed by atoms with Crippen molar-refractivity contribution in [2.24, 2.45) is 5.14 Å². The van der Waals surface area contributed by atoms with Crippen molar-refractivity contribution >= 4 is 10.0 Å². The zero-order valence-corrected chi connectivity index (χ0v) is 17.8. The second-order valence-corrected chi connectivity index (χ2v) is 8.87. The molecule has 2 unspecified atom stereocenters. The van der Waals surface area contributed by atoms with Crippen molar-refractivity contribution in [3.8, 4) is 16.9 Å². The number of hydrogen-bond acceptors (Lipinski definition) is 5. The van der Waals surface area contributed by atoms with E-state index in [1.165, 1.54) is 6.07 Å². The van der Waals surface area contributed by atoms with Crippen molar-refractivity contribution in [2.75, 3.05) is 0 Å². The van der Waals surface area contributed by atoms with Gasteiger partial charge in [0.25, 0.3) is 0 Å². The number of benzene rings is 2. The number of ether oxygens (including phenoxy) is 1. The van der Waals surface area contributed by atoms with E-state index in [2.05, 4.69) is 4.98 Å². The van der Waals surface area contributed by atoms with Gasteiger partial charge in [0.15, 0.2) is 0 Å². The van der Waals surface area contributed by atoms with Gasteiger partial charge >= 0.3 is 0 Å². The lowest BCUT2D eigenvalue weighted by Gasteiger charge is -2.20. The quantitative estimate of drug-likeness (QED) is 0.574. The number of sulfonamides is 1. The normalized spacial score (nSPS) is 13.6. The lowest BCUT2D eigenvalue weighted by Crippen LogP contribution is -2.29. The molecule has 2 atom stereocenters. The van der Waals surface area contributed by atoms with E-state index in [9.17, 15) is 13.5 Å². The van der Waals surface area contributed by atoms with Gasteiger partial charge in [-0.05, 0) is 73.2 Å². The molecule has 0 amide bonds. The maximum atomic E-state index is 11.6. The Hall–Kier alpha value is -2.74. The van der Waals surface area contributed by atoms with E-state index in [1.807, 2.05) is 43.3 Å². The largest absolute Gasteiger partial charge is 0.488 e. The number of hydrogen-bond donors (Lipinski definition) is 2. The summed E-state index contributed by atoms with van der Waals surface area (Å²) in [5, 5.41) is 15.6. The molecule has 158 valence electrons. The minimum absolute atomic E-state index is 0.125. The third kappa shape index (κ3) is 5.66. The fourth-order valence-electron chi connectivity index (χ4n) is 3.26. The maximum Gasteiger partial charge on any atom is 0.238 e. The molecule has 0 saturated carbocycles. The highest BCUT2D eigenvalue weighted by molar-refractivity contribution is 7.89. The van der Waals surface area contributed by atoms with Gasteiger partial charge in [0.05, 0.1) is 11.0 Å². The molecule has 6 nitrogen and oxygen atoms in total. The van der Waals surface area contributed by atoms with Crippen LogP contribution in [0, 0.1) is 6.92 Å². The van der Waals surface area contributed by atoms with Gasteiger partial charge in [-0.15, -0.1) is 0 Å². The molecule has 2 aromatic carbocycles. The molecule has 0 fully saturated rings. The van der Waals surface area contributed by atoms with Crippen molar-refractivity contribution in [2.45, 2.75) is 43.8 Å². The lowest BCUT2D eigenvalue weighted by atomic mass is 10.0. The second-order valence-electron chi connectivity index (χ2n) is 7.34. The molecule has 30 heavy (non-hydrogen) atoms. The smallest absolute Gasteiger partial charge is 0.238 e. The van der Waals surface area contributed by atoms with Crippen molar-refractivity contribution < 1.29 is 18.3 Å². The Labute approximate surface area is 177 Å². The molecular formula is C23H26N2O4S. The summed E-state index contributed by atoms with van der Waals surface area (Å²) in [6.07, 6.45) is 3.89. The number of nitrogens with zero attached hydrogens (tertiary/aromatic N) is 1. The van der Waals surface area contributed by atoms with Crippen LogP contribution in [0.2, 0.25) is 0 Å². The zero-order valence-electron chi connectivity index (χ0n) is 17.0. The van der Waals surface area contributed by atoms with Gasteiger partial charge in [-0.1, -0.05) is 30.3 Å². The summed E-state index contributed by atoms with van der Waals surface area (Å²) in [4.78, 5) is 4.21. The monoisotopic (exact) mass is 426 g/mol. The van der Waals surface area contributed by atoms with E-state index >= 15 is 0 Å². The summed E-state index contributed by atoms with van der Waals surface area (Å²) < 4.78 is 29.0. The van der Waals surface area contributed by atoms with Gasteiger partial charge in [-0.2, -0.15) is 0 Å². The summed E-state index contributed by atoms with van der Waals surface area (Å²) in [5.41, 5.74) is 3.49. The molecule has 3 aromatic rings. The predicted octanol–water partition coefficient (Wildman–Crippen LogP) is 3.47. The molecule has 7 heteroatoms. The first-order valence-corrected chi connectivity index (χ1v) is 11.3. The Kier molecular flexibility index (Phi) is 6.87. The topological polar surface area (TPSA) is 103 Å². The number of nitrogens with two attached hydrogens (primary N) is 1. The summed E-state index contributed by atoms with van der Waals surface area (Å²) in [6.45, 7) is 3.56. The van der Waals surface area contributed by atoms with Gasteiger partial charge in [0.1, 0.15) is 11.9 Å². The van der Waals surface area contributed by atoms with E-state index in [1.54, 1.807) is 31.5 Å². The molecule has 0 aliphatic carbocycles. The minimum atomic E-state index is -3.73. The van der Waals surface area contributed by atoms with Gasteiger partial charge < -0.3 is 9.84 Å². The summed E-state index contributed by atoms with van der Waals surface area (Å²) in [5.74, 6) is 0.657. The lowest BCUT2D eigenvalue weighted by molar-refractivity contribution is 0.0420. The Morgan fingerprint density at radius 1 is 1.10 bits per heavy atom. The standard InChI is InChI=1S/C23H26N2O4S/c1-16-14-20(8-12-23(16)30(24,27)28)19-6-9-21(10-7-19)29-17(2)22(26)11-5-18-4-3-13-25-15-18/h3-4,6-10,12-15,17,22,26H,5,11H2,1-2H3,(H2,24,27,28). The van der Waals surface area contributed by atoms with E-state index in [4.69, 9.17) is 9.88 Å². The molecular weight excluding hydrogens is 400 g/mol. The molecule has 0 radical (unpaired) electrons. The molecule has 0 saturated heterocycles. The molecule has 1 heterocycles. The maximum absolute atomic E-state index is 11.6. The van der Waals surface area contributed by atoms with Gasteiger partial charge in [0.2, 0.25) is 10.0 Å². The van der Waals surface area contributed by atoms with E-state index < -0.39 is 16.1 Å². The van der Waals surface area contributed by atoms with Crippen molar-refractivity contribution in [3.05, 3.63) is 78.1 Å². The average Bonchev–Trinajstić information content (AvgIpc) is 2.72. The third-order valence-electron chi connectivity index (χ3n) is 4.98. The Bertz CT molecular complexity index is 1080. The van der Waals surface area contributed by atoms with Crippen LogP contribution in [-0.2, 0) is 16.4 Å². The molecule has 0 aliphatic heterocycles. The molecule has 0 aliphatic rings. The zero-order chi connectivity index (χ0) is 21.7. The van der Waals surface area contributed by atoms with Crippen LogP contribution in [0.5, 0.6) is 5.75 Å². The van der Waals surface area contributed by atoms with Crippen LogP contribution in [0.3, 0.4) is 0 Å². The first kappa shape index (κ1) is 22.0. The van der Waals surface area contributed by atoms with Crippen LogP contribution in [0.1, 0.15) is 24.5 Å². The van der Waals surface area contributed by atoms with E-state index in [0.717, 1.165) is 23.1 Å². The number of rotatable bonds is 8. The Morgan fingerprint density at radius 2 is 1.80 bits per heavy atom. The molecule has 0 spiro atoms. The summed E-state index contributed by atoms with van der Waals surface area (Å²) in [7, 11) is -3.73. The predicted molar refractivity (Wildman–Crippen MR) is 117 cm³/mol. The van der Waals surface area contributed by atoms with Gasteiger partial charge in [-0.3, -0.25) is 4.98 Å². The van der Waals surface area contributed by atoms with Crippen molar-refractivity contribution in [1.82, 2.24) is 4.98 Å². The SMILES string of the molecule is Cc1cc(-c2ccc(OC(C)C(O)CCc3cccnc3)cc2)ccc1S(N)(=O)=O. The number of aliphatic hydroxyl groups is 1. The van der Waals surface area contributed by atoms with Crippen molar-refractivity contribution in [1.29, 1.82) is 0 Å². The number of primary sulfonamides is 1. The van der Waals surface area contributed by atoms with Crippen molar-refractivity contribution in [3.63, 3.8) is 0 Å². The van der Waals surface area contributed by atoms with Crippen LogP contribution in [-0.4, -0.2) is 30.7 Å². The Morgan fingerprint density at radius 3 is 2.40 bits per heavy atom. The molecule has 0 bridgehead atoms. The van der Waals surface area contributed by atoms with E-state index in [-0.39, 0.29) is 11.0 Å². The Balaban J connectivity index is 1.62. The third-order valence-corrected chi connectivity index (χ3v) is 6.06. The minimum Gasteiger partial charge on any atom is -0.488 e. The van der Waals surface area contributed by atoms with E-state index in [0.29, 0.717) is 17.7 Å². The average molecular weight is 427 g/mol. The fourth-order valence-corrected chi connectivity index (χ4v) is 4.03. The number of aliphatic hydroxyl groups excluding tert-OH is 1. The highest BCUT2D eigenvalue weighted by Gasteiger charge is 2.16. The number of aryl methyl sites for hydroxylation is 2. The van der Waals surface area contributed by atoms with Crippen LogP contribution in [0.15, 0.2) is 71.9 Å². The summed E-state index contributed by atoms with van der Waals surface area (Å²) in [6, 6.07) is 16.4. The molecule has 3 rings (SSSR count). The number of aromatic nitrogens is 1. The van der Waals surface area contributed by atoms with Crippen LogP contribution in [0.25, 0.3) is 11.1 Å². The fraction of sp³-hybridized carbons (Fsp3) is 0.261. The number of pyridine rings is 1. The van der Waals surface area contributed by atoms with Crippen LogP contribution < -0.4 is 9.88 Å². The summed E-state index contributed by atoms with van der Waals surface area (Å²) >= 11 is 0. The first-order valence-electron chi connectivity index (χ1n) is 9.71. The van der Waals surface area contributed by atoms with Gasteiger partial charge in [0, 0.05) is 12.4 Å². The van der Waals surface area contributed by atoms with Crippen LogP contribution >= 0.6 is 0 Å². The highest BCUT2D eigenvalue weighted by atomic mass is 32.2. The van der Waals surface area contributed by atoms with Gasteiger partial charge in [-0.25, -0.2) is 13.6 Å². The molecule has 3 N–H and O–H groups in total. The molecule has 1 aromatic heterocycles. The highest BCUT2D eigenvalue weighted by Crippen LogP contribution is 2.26. The van der Waals surface area contributed by atoms with Crippen LogP contribution in [0.4, 0.5) is 0 Å².